The summed E-state index contributed by atoms with van der Waals surface area (Å²) < 4.78 is 12.3. The van der Waals surface area contributed by atoms with Crippen LogP contribution in [0.15, 0.2) is 97.1 Å². The highest BCUT2D eigenvalue weighted by Crippen LogP contribution is 2.33. The van der Waals surface area contributed by atoms with E-state index in [1.807, 2.05) is 54.6 Å². The Morgan fingerprint density at radius 3 is 1.95 bits per heavy atom. The molecule has 2 heterocycles. The normalized spacial score (nSPS) is 13.9. The second kappa shape index (κ2) is 13.1. The molecule has 0 amide bonds. The van der Waals surface area contributed by atoms with Crippen molar-refractivity contribution in [1.82, 2.24) is 9.88 Å². The van der Waals surface area contributed by atoms with Gasteiger partial charge >= 0.3 is 0 Å². The standard InChI is InChI=1S/C33H37N3O2/c1-2-3-20-35-21-23-36(24-22-35)30-16-14-29(15-17-30)31-18-19-32(37-25-27-10-6-4-7-11-27)34-33(31)38-26-28-12-8-5-9-13-28/h4-19H,2-3,20-26H2,1H3. The Kier molecular flexibility index (Phi) is 8.90. The fourth-order valence-corrected chi connectivity index (χ4v) is 4.75. The van der Waals surface area contributed by atoms with Gasteiger partial charge in [0.2, 0.25) is 11.8 Å². The molecule has 0 atom stereocenters. The predicted molar refractivity (Wildman–Crippen MR) is 155 cm³/mol. The van der Waals surface area contributed by atoms with E-state index in [2.05, 4.69) is 59.2 Å². The van der Waals surface area contributed by atoms with E-state index in [1.54, 1.807) is 0 Å². The zero-order valence-electron chi connectivity index (χ0n) is 22.3. The molecule has 3 aromatic carbocycles. The Hall–Kier alpha value is -3.83. The van der Waals surface area contributed by atoms with E-state index >= 15 is 0 Å². The highest BCUT2D eigenvalue weighted by atomic mass is 16.5. The molecule has 5 rings (SSSR count). The summed E-state index contributed by atoms with van der Waals surface area (Å²) in [7, 11) is 0. The molecule has 5 heteroatoms. The van der Waals surface area contributed by atoms with Gasteiger partial charge in [0, 0.05) is 43.5 Å². The first-order valence-corrected chi connectivity index (χ1v) is 13.7. The smallest absolute Gasteiger partial charge is 0.225 e. The number of hydrogen-bond acceptors (Lipinski definition) is 5. The number of piperazine rings is 1. The van der Waals surface area contributed by atoms with E-state index < -0.39 is 0 Å². The van der Waals surface area contributed by atoms with Crippen molar-refractivity contribution in [1.29, 1.82) is 0 Å². The molecule has 1 saturated heterocycles. The molecule has 5 nitrogen and oxygen atoms in total. The Labute approximate surface area is 226 Å². The summed E-state index contributed by atoms with van der Waals surface area (Å²) in [6.45, 7) is 8.80. The van der Waals surface area contributed by atoms with Crippen LogP contribution in [0.3, 0.4) is 0 Å². The van der Waals surface area contributed by atoms with Crippen LogP contribution in [-0.4, -0.2) is 42.6 Å². The lowest BCUT2D eigenvalue weighted by Gasteiger charge is -2.36. The van der Waals surface area contributed by atoms with Crippen LogP contribution < -0.4 is 14.4 Å². The van der Waals surface area contributed by atoms with Crippen molar-refractivity contribution in [3.05, 3.63) is 108 Å². The minimum absolute atomic E-state index is 0.448. The van der Waals surface area contributed by atoms with Crippen LogP contribution >= 0.6 is 0 Å². The van der Waals surface area contributed by atoms with Crippen molar-refractivity contribution in [2.75, 3.05) is 37.6 Å². The molecule has 0 saturated carbocycles. The topological polar surface area (TPSA) is 37.8 Å². The fourth-order valence-electron chi connectivity index (χ4n) is 4.75. The lowest BCUT2D eigenvalue weighted by molar-refractivity contribution is 0.254. The lowest BCUT2D eigenvalue weighted by atomic mass is 10.1. The number of ether oxygens (including phenoxy) is 2. The minimum Gasteiger partial charge on any atom is -0.473 e. The first-order valence-electron chi connectivity index (χ1n) is 13.7. The third-order valence-electron chi connectivity index (χ3n) is 7.03. The molecule has 1 fully saturated rings. The summed E-state index contributed by atoms with van der Waals surface area (Å²) in [4.78, 5) is 9.83. The average Bonchev–Trinajstić information content (AvgIpc) is 2.99. The molecule has 0 radical (unpaired) electrons. The monoisotopic (exact) mass is 507 g/mol. The van der Waals surface area contributed by atoms with Crippen LogP contribution in [0.1, 0.15) is 30.9 Å². The van der Waals surface area contributed by atoms with Crippen molar-refractivity contribution in [3.63, 3.8) is 0 Å². The Bertz CT molecular complexity index is 1250. The highest BCUT2D eigenvalue weighted by molar-refractivity contribution is 5.71. The first-order chi connectivity index (χ1) is 18.8. The number of nitrogens with zero attached hydrogens (tertiary/aromatic N) is 3. The molecule has 0 spiro atoms. The number of hydrogen-bond donors (Lipinski definition) is 0. The second-order valence-corrected chi connectivity index (χ2v) is 9.78. The summed E-state index contributed by atoms with van der Waals surface area (Å²) in [6.07, 6.45) is 2.54. The molecular weight excluding hydrogens is 470 g/mol. The minimum atomic E-state index is 0.448. The number of unbranched alkanes of at least 4 members (excludes halogenated alkanes) is 1. The van der Waals surface area contributed by atoms with E-state index in [4.69, 9.17) is 14.5 Å². The molecule has 0 aliphatic carbocycles. The zero-order chi connectivity index (χ0) is 26.0. The average molecular weight is 508 g/mol. The van der Waals surface area contributed by atoms with Gasteiger partial charge in [-0.2, -0.15) is 4.98 Å². The number of aromatic nitrogens is 1. The number of benzene rings is 3. The van der Waals surface area contributed by atoms with Crippen LogP contribution in [-0.2, 0) is 13.2 Å². The van der Waals surface area contributed by atoms with E-state index in [-0.39, 0.29) is 0 Å². The molecule has 0 N–H and O–H groups in total. The van der Waals surface area contributed by atoms with Crippen molar-refractivity contribution in [2.45, 2.75) is 33.0 Å². The Morgan fingerprint density at radius 2 is 1.32 bits per heavy atom. The molecule has 0 unspecified atom stereocenters. The summed E-state index contributed by atoms with van der Waals surface area (Å²) >= 11 is 0. The molecule has 196 valence electrons. The molecule has 4 aromatic rings. The van der Waals surface area contributed by atoms with Gasteiger partial charge in [-0.1, -0.05) is 86.1 Å². The molecule has 1 aliphatic rings. The van der Waals surface area contributed by atoms with Gasteiger partial charge in [-0.3, -0.25) is 4.90 Å². The van der Waals surface area contributed by atoms with Gasteiger partial charge < -0.3 is 14.4 Å². The van der Waals surface area contributed by atoms with E-state index in [1.165, 1.54) is 25.1 Å². The van der Waals surface area contributed by atoms with Crippen molar-refractivity contribution in [3.8, 4) is 22.9 Å². The molecular formula is C33H37N3O2. The van der Waals surface area contributed by atoms with Crippen LogP contribution in [0.2, 0.25) is 0 Å². The Morgan fingerprint density at radius 1 is 0.684 bits per heavy atom. The molecule has 1 aromatic heterocycles. The number of anilines is 1. The molecule has 0 bridgehead atoms. The Balaban J connectivity index is 1.31. The quantitative estimate of drug-likeness (QED) is 0.222. The summed E-state index contributed by atoms with van der Waals surface area (Å²) in [5, 5.41) is 0. The number of pyridine rings is 1. The van der Waals surface area contributed by atoms with Gasteiger partial charge in [0.05, 0.1) is 0 Å². The van der Waals surface area contributed by atoms with Crippen LogP contribution in [0.4, 0.5) is 5.69 Å². The third-order valence-corrected chi connectivity index (χ3v) is 7.03. The second-order valence-electron chi connectivity index (χ2n) is 9.78. The molecule has 1 aliphatic heterocycles. The summed E-state index contributed by atoms with van der Waals surface area (Å²) in [5.74, 6) is 1.13. The maximum absolute atomic E-state index is 6.25. The van der Waals surface area contributed by atoms with Crippen LogP contribution in [0.25, 0.3) is 11.1 Å². The SMILES string of the molecule is CCCCN1CCN(c2ccc(-c3ccc(OCc4ccccc4)nc3OCc3ccccc3)cc2)CC1. The third kappa shape index (κ3) is 6.93. The maximum atomic E-state index is 6.25. The fraction of sp³-hybridized carbons (Fsp3) is 0.303. The van der Waals surface area contributed by atoms with Gasteiger partial charge in [0.25, 0.3) is 0 Å². The van der Waals surface area contributed by atoms with E-state index in [0.717, 1.165) is 48.4 Å². The van der Waals surface area contributed by atoms with Gasteiger partial charge in [-0.15, -0.1) is 0 Å². The van der Waals surface area contributed by atoms with Crippen LogP contribution in [0.5, 0.6) is 11.8 Å². The maximum Gasteiger partial charge on any atom is 0.225 e. The van der Waals surface area contributed by atoms with Crippen molar-refractivity contribution < 1.29 is 9.47 Å². The van der Waals surface area contributed by atoms with Gasteiger partial charge in [-0.05, 0) is 47.9 Å². The zero-order valence-corrected chi connectivity index (χ0v) is 22.3. The van der Waals surface area contributed by atoms with Crippen LogP contribution in [0, 0.1) is 0 Å². The summed E-state index contributed by atoms with van der Waals surface area (Å²) in [5.41, 5.74) is 5.52. The van der Waals surface area contributed by atoms with Gasteiger partial charge in [0.15, 0.2) is 0 Å². The molecule has 38 heavy (non-hydrogen) atoms. The lowest BCUT2D eigenvalue weighted by Crippen LogP contribution is -2.46. The van der Waals surface area contributed by atoms with Gasteiger partial charge in [-0.25, -0.2) is 0 Å². The van der Waals surface area contributed by atoms with E-state index in [9.17, 15) is 0 Å². The predicted octanol–water partition coefficient (Wildman–Crippen LogP) is 6.83. The van der Waals surface area contributed by atoms with Crippen molar-refractivity contribution in [2.24, 2.45) is 0 Å². The van der Waals surface area contributed by atoms with E-state index in [0.29, 0.717) is 25.0 Å². The number of rotatable bonds is 11. The van der Waals surface area contributed by atoms with Gasteiger partial charge in [0.1, 0.15) is 13.2 Å². The van der Waals surface area contributed by atoms with Crippen molar-refractivity contribution >= 4 is 5.69 Å². The summed E-state index contributed by atoms with van der Waals surface area (Å²) in [6, 6.07) is 33.1. The highest BCUT2D eigenvalue weighted by Gasteiger charge is 2.17. The first kappa shape index (κ1) is 25.8. The largest absolute Gasteiger partial charge is 0.473 e.